The molecule has 0 radical (unpaired) electrons. The predicted molar refractivity (Wildman–Crippen MR) is 85.3 cm³/mol. The van der Waals surface area contributed by atoms with Gasteiger partial charge in [0.05, 0.1) is 12.8 Å². The van der Waals surface area contributed by atoms with Gasteiger partial charge < -0.3 is 10.1 Å². The summed E-state index contributed by atoms with van der Waals surface area (Å²) in [6.07, 6.45) is 7.32. The van der Waals surface area contributed by atoms with E-state index in [-0.39, 0.29) is 0 Å². The predicted octanol–water partition coefficient (Wildman–Crippen LogP) is 3.79. The highest BCUT2D eigenvalue weighted by Crippen LogP contribution is 2.24. The van der Waals surface area contributed by atoms with Crippen LogP contribution in [0.4, 0.5) is 0 Å². The molecule has 0 bridgehead atoms. The summed E-state index contributed by atoms with van der Waals surface area (Å²) in [6.45, 7) is 3.78. The summed E-state index contributed by atoms with van der Waals surface area (Å²) < 4.78 is 5.66. The fourth-order valence-corrected chi connectivity index (χ4v) is 2.29. The first kappa shape index (κ1) is 14.1. The van der Waals surface area contributed by atoms with Gasteiger partial charge in [0.1, 0.15) is 5.75 Å². The van der Waals surface area contributed by atoms with Gasteiger partial charge in [0.25, 0.3) is 0 Å². The molecule has 21 heavy (non-hydrogen) atoms. The lowest BCUT2D eigenvalue weighted by atomic mass is 10.0. The second-order valence-corrected chi connectivity index (χ2v) is 5.61. The van der Waals surface area contributed by atoms with Gasteiger partial charge in [0, 0.05) is 24.3 Å². The molecule has 1 saturated carbocycles. The molecule has 0 aliphatic heterocycles. The Bertz CT molecular complexity index is 593. The van der Waals surface area contributed by atoms with E-state index in [1.165, 1.54) is 24.0 Å². The fraction of sp³-hybridized carbons (Fsp3) is 0.389. The van der Waals surface area contributed by atoms with Gasteiger partial charge >= 0.3 is 0 Å². The minimum absolute atomic E-state index is 0.733. The molecular weight excluding hydrogens is 260 g/mol. The van der Waals surface area contributed by atoms with Crippen molar-refractivity contribution in [3.63, 3.8) is 0 Å². The first-order chi connectivity index (χ1) is 10.3. The van der Waals surface area contributed by atoms with E-state index in [1.54, 1.807) is 6.20 Å². The van der Waals surface area contributed by atoms with E-state index in [2.05, 4.69) is 47.6 Å². The van der Waals surface area contributed by atoms with E-state index in [1.807, 2.05) is 6.20 Å². The Morgan fingerprint density at radius 2 is 2.10 bits per heavy atom. The minimum Gasteiger partial charge on any atom is -0.492 e. The number of rotatable bonds is 7. The number of pyridine rings is 1. The Hall–Kier alpha value is -1.87. The van der Waals surface area contributed by atoms with E-state index >= 15 is 0 Å². The average Bonchev–Trinajstić information content (AvgIpc) is 3.36. The molecule has 110 valence electrons. The molecule has 3 rings (SSSR count). The van der Waals surface area contributed by atoms with Crippen molar-refractivity contribution in [1.82, 2.24) is 10.3 Å². The Morgan fingerprint density at radius 1 is 1.19 bits per heavy atom. The third kappa shape index (κ3) is 4.05. The maximum atomic E-state index is 5.66. The van der Waals surface area contributed by atoms with Gasteiger partial charge in [-0.1, -0.05) is 25.1 Å². The van der Waals surface area contributed by atoms with Gasteiger partial charge in [-0.15, -0.1) is 0 Å². The first-order valence-electron chi connectivity index (χ1n) is 7.75. The Morgan fingerprint density at radius 3 is 2.90 bits per heavy atom. The molecule has 0 atom stereocenters. The summed E-state index contributed by atoms with van der Waals surface area (Å²) in [4.78, 5) is 4.29. The van der Waals surface area contributed by atoms with Gasteiger partial charge in [0.15, 0.2) is 0 Å². The molecular formula is C18H22N2O. The highest BCUT2D eigenvalue weighted by atomic mass is 16.5. The van der Waals surface area contributed by atoms with Crippen LogP contribution in [0.3, 0.4) is 0 Å². The summed E-state index contributed by atoms with van der Waals surface area (Å²) in [5, 5.41) is 3.55. The Labute approximate surface area is 126 Å². The summed E-state index contributed by atoms with van der Waals surface area (Å²) in [6, 6.07) is 11.4. The number of nitrogens with one attached hydrogen (secondary N) is 1. The molecule has 1 N–H and O–H groups in total. The number of nitrogens with zero attached hydrogens (tertiary/aromatic N) is 1. The van der Waals surface area contributed by atoms with Crippen LogP contribution in [0.25, 0.3) is 11.1 Å². The topological polar surface area (TPSA) is 34.1 Å². The lowest BCUT2D eigenvalue weighted by molar-refractivity contribution is 0.316. The summed E-state index contributed by atoms with van der Waals surface area (Å²) in [5.41, 5.74) is 3.62. The molecule has 2 aromatic rings. The third-order valence-electron chi connectivity index (χ3n) is 3.62. The van der Waals surface area contributed by atoms with Crippen LogP contribution in [0, 0.1) is 0 Å². The molecule has 1 aliphatic carbocycles. The van der Waals surface area contributed by atoms with Crippen molar-refractivity contribution in [3.8, 4) is 16.9 Å². The van der Waals surface area contributed by atoms with Crippen LogP contribution in [0.2, 0.25) is 0 Å². The average molecular weight is 282 g/mol. The monoisotopic (exact) mass is 282 g/mol. The number of benzene rings is 1. The third-order valence-corrected chi connectivity index (χ3v) is 3.62. The molecule has 0 saturated heterocycles. The standard InChI is InChI=1S/C18H22N2O/c1-2-8-21-18-10-16(12-19-13-18)15-5-3-4-14(9-15)11-20-17-6-7-17/h3-5,9-10,12-13,17,20H,2,6-8,11H2,1H3. The zero-order chi connectivity index (χ0) is 14.5. The molecule has 0 amide bonds. The number of hydrogen-bond donors (Lipinski definition) is 1. The number of ether oxygens (including phenoxy) is 1. The van der Waals surface area contributed by atoms with Crippen molar-refractivity contribution >= 4 is 0 Å². The van der Waals surface area contributed by atoms with Crippen molar-refractivity contribution in [2.45, 2.75) is 38.8 Å². The zero-order valence-corrected chi connectivity index (χ0v) is 12.5. The normalized spacial score (nSPS) is 14.1. The highest BCUT2D eigenvalue weighted by Gasteiger charge is 2.19. The van der Waals surface area contributed by atoms with Crippen LogP contribution < -0.4 is 10.1 Å². The van der Waals surface area contributed by atoms with Crippen LogP contribution in [-0.4, -0.2) is 17.6 Å². The van der Waals surface area contributed by atoms with Gasteiger partial charge in [-0.3, -0.25) is 4.98 Å². The van der Waals surface area contributed by atoms with Crippen LogP contribution in [-0.2, 0) is 6.54 Å². The van der Waals surface area contributed by atoms with E-state index in [9.17, 15) is 0 Å². The largest absolute Gasteiger partial charge is 0.492 e. The van der Waals surface area contributed by atoms with Gasteiger partial charge in [-0.25, -0.2) is 0 Å². The van der Waals surface area contributed by atoms with Crippen molar-refractivity contribution in [3.05, 3.63) is 48.3 Å². The van der Waals surface area contributed by atoms with Crippen LogP contribution in [0.5, 0.6) is 5.75 Å². The number of aromatic nitrogens is 1. The second kappa shape index (κ2) is 6.72. The molecule has 1 aliphatic rings. The Balaban J connectivity index is 1.73. The first-order valence-corrected chi connectivity index (χ1v) is 7.75. The maximum absolute atomic E-state index is 5.66. The molecule has 0 unspecified atom stereocenters. The summed E-state index contributed by atoms with van der Waals surface area (Å²) >= 11 is 0. The number of hydrogen-bond acceptors (Lipinski definition) is 3. The molecule has 3 nitrogen and oxygen atoms in total. The Kier molecular flexibility index (Phi) is 4.51. The van der Waals surface area contributed by atoms with E-state index in [4.69, 9.17) is 4.74 Å². The molecule has 3 heteroatoms. The van der Waals surface area contributed by atoms with E-state index in [0.29, 0.717) is 0 Å². The fourth-order valence-electron chi connectivity index (χ4n) is 2.29. The second-order valence-electron chi connectivity index (χ2n) is 5.61. The molecule has 0 spiro atoms. The van der Waals surface area contributed by atoms with Gasteiger partial charge in [-0.2, -0.15) is 0 Å². The van der Waals surface area contributed by atoms with Crippen molar-refractivity contribution in [2.75, 3.05) is 6.61 Å². The van der Waals surface area contributed by atoms with Gasteiger partial charge in [-0.05, 0) is 42.5 Å². The van der Waals surface area contributed by atoms with Crippen molar-refractivity contribution < 1.29 is 4.74 Å². The van der Waals surface area contributed by atoms with Crippen LogP contribution in [0.1, 0.15) is 31.7 Å². The molecule has 1 heterocycles. The smallest absolute Gasteiger partial charge is 0.138 e. The molecule has 1 aromatic heterocycles. The summed E-state index contributed by atoms with van der Waals surface area (Å²) in [5.74, 6) is 0.843. The van der Waals surface area contributed by atoms with Crippen LogP contribution >= 0.6 is 0 Å². The van der Waals surface area contributed by atoms with Crippen molar-refractivity contribution in [1.29, 1.82) is 0 Å². The zero-order valence-electron chi connectivity index (χ0n) is 12.5. The van der Waals surface area contributed by atoms with Crippen molar-refractivity contribution in [2.24, 2.45) is 0 Å². The highest BCUT2D eigenvalue weighted by molar-refractivity contribution is 5.64. The molecule has 1 aromatic carbocycles. The quantitative estimate of drug-likeness (QED) is 0.839. The van der Waals surface area contributed by atoms with E-state index in [0.717, 1.165) is 36.9 Å². The van der Waals surface area contributed by atoms with Gasteiger partial charge in [0.2, 0.25) is 0 Å². The molecule has 1 fully saturated rings. The lowest BCUT2D eigenvalue weighted by Gasteiger charge is -2.08. The van der Waals surface area contributed by atoms with E-state index < -0.39 is 0 Å². The lowest BCUT2D eigenvalue weighted by Crippen LogP contribution is -2.15. The maximum Gasteiger partial charge on any atom is 0.138 e. The SMILES string of the molecule is CCCOc1cncc(-c2cccc(CNC3CC3)c2)c1. The minimum atomic E-state index is 0.733. The summed E-state index contributed by atoms with van der Waals surface area (Å²) in [7, 11) is 0. The van der Waals surface area contributed by atoms with Crippen LogP contribution in [0.15, 0.2) is 42.7 Å².